The Kier molecular flexibility index (Phi) is 7.62. The normalized spacial score (nSPS) is 13.2. The number of rotatable bonds is 8. The summed E-state index contributed by atoms with van der Waals surface area (Å²) in [5.74, 6) is 0.146. The molecule has 1 aliphatic rings. The molecular formula is C22H24N4O3S. The lowest BCUT2D eigenvalue weighted by molar-refractivity contribution is -0.117. The molecule has 30 heavy (non-hydrogen) atoms. The lowest BCUT2D eigenvalue weighted by Gasteiger charge is -2.10. The SMILES string of the molecule is CCCCC(=O)Nc1ccc(SCC(=O)NC2=NN(c3ccccc3)C(=O)C2)cc1. The first-order valence-corrected chi connectivity index (χ1v) is 10.8. The van der Waals surface area contributed by atoms with Crippen LogP contribution in [-0.4, -0.2) is 29.3 Å². The number of carbonyl (C=O) groups is 3. The zero-order valence-electron chi connectivity index (χ0n) is 16.8. The van der Waals surface area contributed by atoms with Gasteiger partial charge in [0.1, 0.15) is 5.84 Å². The van der Waals surface area contributed by atoms with Gasteiger partial charge >= 0.3 is 0 Å². The van der Waals surface area contributed by atoms with Crippen molar-refractivity contribution in [2.24, 2.45) is 5.10 Å². The predicted molar refractivity (Wildman–Crippen MR) is 119 cm³/mol. The third-order valence-corrected chi connectivity index (χ3v) is 5.34. The monoisotopic (exact) mass is 424 g/mol. The fourth-order valence-corrected chi connectivity index (χ4v) is 3.51. The van der Waals surface area contributed by atoms with Crippen molar-refractivity contribution in [1.82, 2.24) is 5.32 Å². The number of thioether (sulfide) groups is 1. The molecular weight excluding hydrogens is 400 g/mol. The molecule has 7 nitrogen and oxygen atoms in total. The van der Waals surface area contributed by atoms with Crippen LogP contribution in [0.5, 0.6) is 0 Å². The van der Waals surface area contributed by atoms with E-state index in [-0.39, 0.29) is 29.9 Å². The molecule has 0 saturated heterocycles. The van der Waals surface area contributed by atoms with E-state index in [9.17, 15) is 14.4 Å². The Balaban J connectivity index is 1.47. The molecule has 156 valence electrons. The number of anilines is 2. The van der Waals surface area contributed by atoms with Crippen molar-refractivity contribution in [1.29, 1.82) is 0 Å². The summed E-state index contributed by atoms with van der Waals surface area (Å²) in [4.78, 5) is 37.0. The lowest BCUT2D eigenvalue weighted by Crippen LogP contribution is -2.31. The van der Waals surface area contributed by atoms with E-state index in [4.69, 9.17) is 0 Å². The molecule has 0 bridgehead atoms. The summed E-state index contributed by atoms with van der Waals surface area (Å²) in [6.07, 6.45) is 2.43. The number of unbranched alkanes of at least 4 members (excludes halogenated alkanes) is 1. The number of hydrazone groups is 1. The van der Waals surface area contributed by atoms with Gasteiger partial charge < -0.3 is 10.6 Å². The van der Waals surface area contributed by atoms with Crippen LogP contribution in [0.15, 0.2) is 64.6 Å². The molecule has 0 atom stereocenters. The summed E-state index contributed by atoms with van der Waals surface area (Å²) in [5, 5.41) is 11.1. The Morgan fingerprint density at radius 2 is 1.77 bits per heavy atom. The third kappa shape index (κ3) is 6.18. The molecule has 0 fully saturated rings. The van der Waals surface area contributed by atoms with Gasteiger partial charge in [-0.15, -0.1) is 11.8 Å². The number of amides is 3. The maximum atomic E-state index is 12.2. The van der Waals surface area contributed by atoms with Gasteiger partial charge in [0.2, 0.25) is 11.8 Å². The largest absolute Gasteiger partial charge is 0.326 e. The Labute approximate surface area is 179 Å². The molecule has 0 aliphatic carbocycles. The van der Waals surface area contributed by atoms with Gasteiger partial charge in [-0.05, 0) is 42.8 Å². The minimum absolute atomic E-state index is 0.00747. The maximum absolute atomic E-state index is 12.2. The summed E-state index contributed by atoms with van der Waals surface area (Å²) in [5.41, 5.74) is 1.41. The number of carbonyl (C=O) groups excluding carboxylic acids is 3. The quantitative estimate of drug-likeness (QED) is 0.631. The van der Waals surface area contributed by atoms with Gasteiger partial charge in [-0.1, -0.05) is 31.5 Å². The van der Waals surface area contributed by atoms with Gasteiger partial charge in [0.15, 0.2) is 0 Å². The number of hydrogen-bond acceptors (Lipinski definition) is 5. The molecule has 2 aromatic rings. The van der Waals surface area contributed by atoms with Crippen LogP contribution in [0, 0.1) is 0 Å². The number of nitrogens with zero attached hydrogens (tertiary/aromatic N) is 2. The standard InChI is InChI=1S/C22H24N4O3S/c1-2-3-9-20(27)23-16-10-12-18(13-11-16)30-15-21(28)24-19-14-22(29)26(25-19)17-7-5-4-6-8-17/h4-8,10-13H,2-3,9,14-15H2,1H3,(H,23,27)(H,24,25,28). The van der Waals surface area contributed by atoms with Crippen molar-refractivity contribution in [2.75, 3.05) is 16.1 Å². The van der Waals surface area contributed by atoms with Gasteiger partial charge in [-0.2, -0.15) is 10.1 Å². The second-order valence-electron chi connectivity index (χ2n) is 6.78. The summed E-state index contributed by atoms with van der Waals surface area (Å²) in [7, 11) is 0. The molecule has 2 N–H and O–H groups in total. The first-order valence-electron chi connectivity index (χ1n) is 9.83. The predicted octanol–water partition coefficient (Wildman–Crippen LogP) is 3.77. The Morgan fingerprint density at radius 1 is 1.03 bits per heavy atom. The Hall–Kier alpha value is -3.13. The number of amidine groups is 1. The van der Waals surface area contributed by atoms with E-state index < -0.39 is 0 Å². The fraction of sp³-hybridized carbons (Fsp3) is 0.273. The van der Waals surface area contributed by atoms with E-state index in [1.807, 2.05) is 49.4 Å². The Morgan fingerprint density at radius 3 is 2.47 bits per heavy atom. The number of benzene rings is 2. The van der Waals surface area contributed by atoms with E-state index in [1.54, 1.807) is 12.1 Å². The molecule has 3 amide bonds. The van der Waals surface area contributed by atoms with E-state index in [1.165, 1.54) is 16.8 Å². The minimum Gasteiger partial charge on any atom is -0.326 e. The Bertz CT molecular complexity index is 929. The van der Waals surface area contributed by atoms with Gasteiger partial charge in [-0.25, -0.2) is 0 Å². The fourth-order valence-electron chi connectivity index (χ4n) is 2.81. The smallest absolute Gasteiger partial charge is 0.255 e. The zero-order chi connectivity index (χ0) is 21.3. The molecule has 1 heterocycles. The molecule has 0 aromatic heterocycles. The van der Waals surface area contributed by atoms with E-state index in [2.05, 4.69) is 15.7 Å². The van der Waals surface area contributed by atoms with Crippen molar-refractivity contribution in [2.45, 2.75) is 37.5 Å². The molecule has 0 saturated carbocycles. The molecule has 0 radical (unpaired) electrons. The van der Waals surface area contributed by atoms with Crippen molar-refractivity contribution < 1.29 is 14.4 Å². The van der Waals surface area contributed by atoms with Crippen LogP contribution in [-0.2, 0) is 14.4 Å². The minimum atomic E-state index is -0.224. The van der Waals surface area contributed by atoms with Crippen molar-refractivity contribution in [3.8, 4) is 0 Å². The van der Waals surface area contributed by atoms with Gasteiger partial charge in [0, 0.05) is 17.0 Å². The van der Waals surface area contributed by atoms with Crippen LogP contribution >= 0.6 is 11.8 Å². The average Bonchev–Trinajstić information content (AvgIpc) is 3.12. The van der Waals surface area contributed by atoms with Gasteiger partial charge in [0.05, 0.1) is 17.9 Å². The van der Waals surface area contributed by atoms with Crippen LogP contribution in [0.1, 0.15) is 32.6 Å². The maximum Gasteiger partial charge on any atom is 0.255 e. The van der Waals surface area contributed by atoms with Crippen molar-refractivity contribution in [3.05, 3.63) is 54.6 Å². The first kappa shape index (κ1) is 21.6. The first-order chi connectivity index (χ1) is 14.5. The third-order valence-electron chi connectivity index (χ3n) is 4.33. The van der Waals surface area contributed by atoms with Crippen molar-refractivity contribution in [3.63, 3.8) is 0 Å². The second-order valence-corrected chi connectivity index (χ2v) is 7.83. The summed E-state index contributed by atoms with van der Waals surface area (Å²) < 4.78 is 0. The van der Waals surface area contributed by atoms with Crippen molar-refractivity contribution >= 4 is 46.7 Å². The highest BCUT2D eigenvalue weighted by Gasteiger charge is 2.26. The van der Waals surface area contributed by atoms with Crippen LogP contribution in [0.4, 0.5) is 11.4 Å². The van der Waals surface area contributed by atoms with E-state index in [0.717, 1.165) is 23.4 Å². The molecule has 2 aromatic carbocycles. The van der Waals surface area contributed by atoms with Crippen LogP contribution < -0.4 is 15.6 Å². The summed E-state index contributed by atoms with van der Waals surface area (Å²) in [6, 6.07) is 16.5. The van der Waals surface area contributed by atoms with Crippen LogP contribution in [0.3, 0.4) is 0 Å². The topological polar surface area (TPSA) is 90.9 Å². The second kappa shape index (κ2) is 10.6. The number of nitrogens with one attached hydrogen (secondary N) is 2. The highest BCUT2D eigenvalue weighted by Crippen LogP contribution is 2.21. The highest BCUT2D eigenvalue weighted by molar-refractivity contribution is 8.00. The van der Waals surface area contributed by atoms with Gasteiger partial charge in [-0.3, -0.25) is 14.4 Å². The summed E-state index contributed by atoms with van der Waals surface area (Å²) >= 11 is 1.37. The van der Waals surface area contributed by atoms with Gasteiger partial charge in [0.25, 0.3) is 5.91 Å². The molecule has 0 spiro atoms. The molecule has 8 heteroatoms. The molecule has 1 aliphatic heterocycles. The highest BCUT2D eigenvalue weighted by atomic mass is 32.2. The number of hydrogen-bond donors (Lipinski definition) is 2. The summed E-state index contributed by atoms with van der Waals surface area (Å²) in [6.45, 7) is 2.05. The molecule has 3 rings (SSSR count). The van der Waals surface area contributed by atoms with E-state index >= 15 is 0 Å². The zero-order valence-corrected chi connectivity index (χ0v) is 17.6. The van der Waals surface area contributed by atoms with Crippen LogP contribution in [0.2, 0.25) is 0 Å². The lowest BCUT2D eigenvalue weighted by atomic mass is 10.2. The number of para-hydroxylation sites is 1. The average molecular weight is 425 g/mol. The molecule has 0 unspecified atom stereocenters. The van der Waals surface area contributed by atoms with Crippen LogP contribution in [0.25, 0.3) is 0 Å². The van der Waals surface area contributed by atoms with E-state index in [0.29, 0.717) is 17.9 Å².